The number of benzene rings is 1. The molecular formula is C9H7N3O2. The molecule has 70 valence electrons. The van der Waals surface area contributed by atoms with Crippen LogP contribution in [0.3, 0.4) is 0 Å². The maximum absolute atomic E-state index is 10.9. The lowest BCUT2D eigenvalue weighted by Crippen LogP contribution is -1.92. The highest BCUT2D eigenvalue weighted by Crippen LogP contribution is 2.18. The van der Waals surface area contributed by atoms with E-state index in [2.05, 4.69) is 15.0 Å². The van der Waals surface area contributed by atoms with Gasteiger partial charge in [-0.25, -0.2) is 9.78 Å². The molecule has 0 saturated carbocycles. The quantitative estimate of drug-likeness (QED) is 0.559. The molecule has 3 rings (SSSR count). The number of hydrogen-bond donors (Lipinski definition) is 2. The van der Waals surface area contributed by atoms with Crippen LogP contribution in [0.4, 0.5) is 0 Å². The molecular weight excluding hydrogens is 182 g/mol. The fraction of sp³-hybridized carbons (Fsp3) is 0.111. The van der Waals surface area contributed by atoms with Crippen molar-refractivity contribution < 1.29 is 4.42 Å². The molecule has 0 radical (unpaired) electrons. The van der Waals surface area contributed by atoms with Gasteiger partial charge in [-0.05, 0) is 13.0 Å². The highest BCUT2D eigenvalue weighted by molar-refractivity contribution is 5.89. The van der Waals surface area contributed by atoms with Crippen molar-refractivity contribution >= 4 is 22.1 Å². The van der Waals surface area contributed by atoms with Crippen LogP contribution in [0.25, 0.3) is 22.1 Å². The van der Waals surface area contributed by atoms with E-state index < -0.39 is 5.76 Å². The van der Waals surface area contributed by atoms with E-state index in [9.17, 15) is 4.79 Å². The van der Waals surface area contributed by atoms with E-state index in [0.717, 1.165) is 16.9 Å². The number of nitrogens with one attached hydrogen (secondary N) is 2. The Morgan fingerprint density at radius 1 is 1.29 bits per heavy atom. The molecule has 0 bridgehead atoms. The standard InChI is InChI=1S/C9H7N3O2/c1-4-10-5-2-7-8(3-6(5)11-4)14-9(13)12-7/h2-3H,1H3,(H,10,11)(H,12,13). The van der Waals surface area contributed by atoms with E-state index in [1.165, 1.54) is 0 Å². The van der Waals surface area contributed by atoms with Crippen molar-refractivity contribution in [3.63, 3.8) is 0 Å². The molecule has 0 spiro atoms. The summed E-state index contributed by atoms with van der Waals surface area (Å²) >= 11 is 0. The molecule has 2 aromatic heterocycles. The van der Waals surface area contributed by atoms with Gasteiger partial charge in [-0.3, -0.25) is 4.98 Å². The number of aromatic amines is 2. The first-order chi connectivity index (χ1) is 6.72. The van der Waals surface area contributed by atoms with Crippen LogP contribution in [0.1, 0.15) is 5.82 Å². The molecule has 0 saturated heterocycles. The second kappa shape index (κ2) is 2.25. The van der Waals surface area contributed by atoms with E-state index in [-0.39, 0.29) is 0 Å². The minimum absolute atomic E-state index is 0.440. The Balaban J connectivity index is 2.55. The molecule has 5 nitrogen and oxygen atoms in total. The molecule has 0 amide bonds. The number of hydrogen-bond acceptors (Lipinski definition) is 3. The summed E-state index contributed by atoms with van der Waals surface area (Å²) in [4.78, 5) is 20.8. The van der Waals surface area contributed by atoms with Crippen LogP contribution in [0.2, 0.25) is 0 Å². The molecule has 1 aromatic carbocycles. The minimum Gasteiger partial charge on any atom is -0.408 e. The van der Waals surface area contributed by atoms with Crippen molar-refractivity contribution in [1.82, 2.24) is 15.0 Å². The van der Waals surface area contributed by atoms with Crippen LogP contribution >= 0.6 is 0 Å². The highest BCUT2D eigenvalue weighted by atomic mass is 16.4. The predicted molar refractivity (Wildman–Crippen MR) is 51.2 cm³/mol. The number of aromatic nitrogens is 3. The van der Waals surface area contributed by atoms with Crippen molar-refractivity contribution in [2.75, 3.05) is 0 Å². The Labute approximate surface area is 77.8 Å². The number of imidazole rings is 1. The third-order valence-electron chi connectivity index (χ3n) is 2.14. The molecule has 0 atom stereocenters. The number of H-pyrrole nitrogens is 2. The van der Waals surface area contributed by atoms with Gasteiger partial charge < -0.3 is 9.40 Å². The van der Waals surface area contributed by atoms with Crippen LogP contribution in [-0.4, -0.2) is 15.0 Å². The number of oxazole rings is 1. The van der Waals surface area contributed by atoms with E-state index in [0.29, 0.717) is 11.1 Å². The van der Waals surface area contributed by atoms with Gasteiger partial charge in [-0.15, -0.1) is 0 Å². The van der Waals surface area contributed by atoms with Crippen LogP contribution in [0.15, 0.2) is 21.3 Å². The van der Waals surface area contributed by atoms with Crippen LogP contribution in [0, 0.1) is 6.92 Å². The second-order valence-electron chi connectivity index (χ2n) is 3.20. The normalized spacial score (nSPS) is 11.5. The van der Waals surface area contributed by atoms with E-state index in [1.807, 2.05) is 13.0 Å². The molecule has 0 aliphatic heterocycles. The molecule has 2 N–H and O–H groups in total. The summed E-state index contributed by atoms with van der Waals surface area (Å²) in [5.74, 6) is 0.402. The monoisotopic (exact) mass is 189 g/mol. The summed E-state index contributed by atoms with van der Waals surface area (Å²) in [7, 11) is 0. The van der Waals surface area contributed by atoms with Crippen molar-refractivity contribution in [2.45, 2.75) is 6.92 Å². The Morgan fingerprint density at radius 2 is 2.14 bits per heavy atom. The lowest BCUT2D eigenvalue weighted by atomic mass is 10.3. The van der Waals surface area contributed by atoms with Gasteiger partial charge in [0.15, 0.2) is 5.58 Å². The Morgan fingerprint density at radius 3 is 3.00 bits per heavy atom. The van der Waals surface area contributed by atoms with Gasteiger partial charge in [0, 0.05) is 6.07 Å². The summed E-state index contributed by atoms with van der Waals surface area (Å²) in [6.07, 6.45) is 0. The first kappa shape index (κ1) is 7.37. The van der Waals surface area contributed by atoms with Crippen molar-refractivity contribution in [3.8, 4) is 0 Å². The Hall–Kier alpha value is -2.04. The largest absolute Gasteiger partial charge is 0.417 e. The summed E-state index contributed by atoms with van der Waals surface area (Å²) in [5.41, 5.74) is 2.92. The average molecular weight is 189 g/mol. The maximum atomic E-state index is 10.9. The van der Waals surface area contributed by atoms with Crippen LogP contribution in [0.5, 0.6) is 0 Å². The van der Waals surface area contributed by atoms with E-state index in [1.54, 1.807) is 6.07 Å². The summed E-state index contributed by atoms with van der Waals surface area (Å²) in [6, 6.07) is 3.56. The van der Waals surface area contributed by atoms with Crippen molar-refractivity contribution in [2.24, 2.45) is 0 Å². The summed E-state index contributed by atoms with van der Waals surface area (Å²) in [5, 5.41) is 0. The molecule has 5 heteroatoms. The van der Waals surface area contributed by atoms with Crippen LogP contribution < -0.4 is 5.76 Å². The fourth-order valence-electron chi connectivity index (χ4n) is 1.58. The Bertz CT molecular complexity index is 620. The first-order valence-electron chi connectivity index (χ1n) is 4.21. The third-order valence-corrected chi connectivity index (χ3v) is 2.14. The van der Waals surface area contributed by atoms with Gasteiger partial charge in [-0.1, -0.05) is 0 Å². The average Bonchev–Trinajstić information content (AvgIpc) is 2.59. The topological polar surface area (TPSA) is 74.7 Å². The van der Waals surface area contributed by atoms with Gasteiger partial charge in [0.2, 0.25) is 0 Å². The van der Waals surface area contributed by atoms with E-state index in [4.69, 9.17) is 4.42 Å². The SMILES string of the molecule is Cc1nc2cc3oc(=O)[nH]c3cc2[nH]1. The zero-order valence-electron chi connectivity index (χ0n) is 7.42. The number of rotatable bonds is 0. The number of fused-ring (bicyclic) bond motifs is 2. The summed E-state index contributed by atoms with van der Waals surface area (Å²) in [6.45, 7) is 1.88. The van der Waals surface area contributed by atoms with Gasteiger partial charge in [-0.2, -0.15) is 0 Å². The number of nitrogens with zero attached hydrogens (tertiary/aromatic N) is 1. The smallest absolute Gasteiger partial charge is 0.408 e. The van der Waals surface area contributed by atoms with Gasteiger partial charge in [0.1, 0.15) is 5.82 Å². The molecule has 3 aromatic rings. The van der Waals surface area contributed by atoms with Crippen molar-refractivity contribution in [3.05, 3.63) is 28.5 Å². The second-order valence-corrected chi connectivity index (χ2v) is 3.20. The van der Waals surface area contributed by atoms with Gasteiger partial charge in [0.25, 0.3) is 0 Å². The Kier molecular flexibility index (Phi) is 1.19. The number of aryl methyl sites for hydroxylation is 1. The molecule has 0 aliphatic carbocycles. The highest BCUT2D eigenvalue weighted by Gasteiger charge is 2.05. The molecule has 14 heavy (non-hydrogen) atoms. The third kappa shape index (κ3) is 0.891. The maximum Gasteiger partial charge on any atom is 0.417 e. The van der Waals surface area contributed by atoms with Crippen LogP contribution in [-0.2, 0) is 0 Å². The zero-order valence-corrected chi connectivity index (χ0v) is 7.42. The minimum atomic E-state index is -0.440. The first-order valence-corrected chi connectivity index (χ1v) is 4.21. The van der Waals surface area contributed by atoms with Crippen molar-refractivity contribution in [1.29, 1.82) is 0 Å². The summed E-state index contributed by atoms with van der Waals surface area (Å²) < 4.78 is 4.92. The van der Waals surface area contributed by atoms with Gasteiger partial charge in [0.05, 0.1) is 16.6 Å². The molecule has 2 heterocycles. The van der Waals surface area contributed by atoms with E-state index >= 15 is 0 Å². The molecule has 0 unspecified atom stereocenters. The predicted octanol–water partition coefficient (Wildman–Crippen LogP) is 1.31. The zero-order chi connectivity index (χ0) is 9.71. The lowest BCUT2D eigenvalue weighted by Gasteiger charge is -1.86. The molecule has 0 aliphatic rings. The lowest BCUT2D eigenvalue weighted by molar-refractivity contribution is 0.555. The molecule has 0 fully saturated rings. The fourth-order valence-corrected chi connectivity index (χ4v) is 1.58. The van der Waals surface area contributed by atoms with Gasteiger partial charge >= 0.3 is 5.76 Å².